The monoisotopic (exact) mass is 1110 g/mol. The molecule has 0 aliphatic heterocycles. The van der Waals surface area contributed by atoms with Crippen LogP contribution < -0.4 is 0 Å². The molecule has 0 spiro atoms. The van der Waals surface area contributed by atoms with Crippen LogP contribution in [0.25, 0.3) is 0 Å². The topological polar surface area (TPSA) is 78.9 Å². The number of carbonyl (C=O) groups is 3. The summed E-state index contributed by atoms with van der Waals surface area (Å²) in [7, 11) is 0. The van der Waals surface area contributed by atoms with Gasteiger partial charge in [-0.05, 0) is 96.3 Å². The van der Waals surface area contributed by atoms with Crippen LogP contribution in [0, 0.1) is 0 Å². The normalized spacial score (nSPS) is 12.7. The minimum atomic E-state index is -0.782. The lowest BCUT2D eigenvalue weighted by Gasteiger charge is -2.18. The van der Waals surface area contributed by atoms with Crippen LogP contribution in [-0.4, -0.2) is 37.2 Å². The molecule has 0 fully saturated rings. The molecule has 0 aliphatic rings. The Balaban J connectivity index is 4.12. The smallest absolute Gasteiger partial charge is 0.306 e. The van der Waals surface area contributed by atoms with Crippen LogP contribution in [0.2, 0.25) is 0 Å². The van der Waals surface area contributed by atoms with Gasteiger partial charge in [-0.1, -0.05) is 317 Å². The molecule has 6 heteroatoms. The molecule has 80 heavy (non-hydrogen) atoms. The van der Waals surface area contributed by atoms with E-state index in [0.29, 0.717) is 19.3 Å². The van der Waals surface area contributed by atoms with Crippen LogP contribution in [0.5, 0.6) is 0 Å². The van der Waals surface area contributed by atoms with E-state index in [4.69, 9.17) is 14.2 Å². The fraction of sp³-hybridized carbons (Fsp3) is 0.743. The van der Waals surface area contributed by atoms with Gasteiger partial charge in [0, 0.05) is 19.3 Å². The van der Waals surface area contributed by atoms with Crippen molar-refractivity contribution in [1.29, 1.82) is 0 Å². The van der Waals surface area contributed by atoms with Gasteiger partial charge >= 0.3 is 17.9 Å². The molecule has 0 rings (SSSR count). The average Bonchev–Trinajstić information content (AvgIpc) is 3.46. The zero-order chi connectivity index (χ0) is 57.8. The first kappa shape index (κ1) is 76.3. The van der Waals surface area contributed by atoms with Crippen LogP contribution in [0.3, 0.4) is 0 Å². The number of unbranched alkanes of at least 4 members (excludes halogenated alkanes) is 35. The fourth-order valence-electron chi connectivity index (χ4n) is 9.78. The van der Waals surface area contributed by atoms with Gasteiger partial charge in [-0.25, -0.2) is 0 Å². The Morgan fingerprint density at radius 3 is 0.762 bits per heavy atom. The van der Waals surface area contributed by atoms with Gasteiger partial charge in [0.2, 0.25) is 0 Å². The van der Waals surface area contributed by atoms with Crippen molar-refractivity contribution in [1.82, 2.24) is 0 Å². The van der Waals surface area contributed by atoms with Gasteiger partial charge in [-0.15, -0.1) is 0 Å². The maximum atomic E-state index is 12.9. The standard InChI is InChI=1S/C74H128O6/c1-4-7-10-13-16-19-22-24-26-28-30-31-32-33-34-35-36-37-38-39-40-41-42-43-45-46-48-50-52-55-58-61-64-67-73(76)79-70-71(69-78-72(75)66-63-60-57-54-21-18-15-12-9-6-3)80-74(77)68-65-62-59-56-53-51-49-47-44-29-27-25-23-20-17-14-11-8-5-2/h7-8,10-11,16-17,19-20,24-27,30-31,44,47,71H,4-6,9,12-15,18,21-23,28-29,32-43,45-46,48-70H2,1-3H3/b10-7-,11-8-,19-16-,20-17-,26-24-,27-25-,31-30-,47-44-. The van der Waals surface area contributed by atoms with Crippen molar-refractivity contribution in [2.75, 3.05) is 13.2 Å². The van der Waals surface area contributed by atoms with Crippen molar-refractivity contribution in [2.45, 2.75) is 341 Å². The zero-order valence-electron chi connectivity index (χ0n) is 52.8. The summed E-state index contributed by atoms with van der Waals surface area (Å²) in [6.07, 6.45) is 91.6. The molecule has 1 atom stereocenters. The lowest BCUT2D eigenvalue weighted by Crippen LogP contribution is -2.30. The average molecular weight is 1110 g/mol. The van der Waals surface area contributed by atoms with Gasteiger partial charge in [-0.2, -0.15) is 0 Å². The van der Waals surface area contributed by atoms with Gasteiger partial charge in [0.1, 0.15) is 13.2 Å². The summed E-state index contributed by atoms with van der Waals surface area (Å²) >= 11 is 0. The molecule has 6 nitrogen and oxygen atoms in total. The van der Waals surface area contributed by atoms with E-state index in [0.717, 1.165) is 122 Å². The molecule has 0 aromatic rings. The Kier molecular flexibility index (Phi) is 64.7. The molecule has 0 aliphatic carbocycles. The van der Waals surface area contributed by atoms with E-state index in [1.54, 1.807) is 0 Å². The third-order valence-electron chi connectivity index (χ3n) is 14.8. The van der Waals surface area contributed by atoms with Gasteiger partial charge in [0.05, 0.1) is 0 Å². The quantitative estimate of drug-likeness (QED) is 0.0261. The van der Waals surface area contributed by atoms with Crippen LogP contribution in [0.15, 0.2) is 97.2 Å². The Bertz CT molecular complexity index is 1560. The molecule has 0 radical (unpaired) electrons. The lowest BCUT2D eigenvalue weighted by molar-refractivity contribution is -0.167. The molecule has 1 unspecified atom stereocenters. The first-order valence-electron chi connectivity index (χ1n) is 34.2. The number of rotatable bonds is 62. The Morgan fingerprint density at radius 2 is 0.487 bits per heavy atom. The number of ether oxygens (including phenoxy) is 3. The highest BCUT2D eigenvalue weighted by molar-refractivity contribution is 5.71. The Morgan fingerprint density at radius 1 is 0.263 bits per heavy atom. The van der Waals surface area contributed by atoms with Crippen LogP contribution in [0.4, 0.5) is 0 Å². The Hall–Kier alpha value is -3.67. The first-order valence-corrected chi connectivity index (χ1v) is 34.2. The molecule has 0 amide bonds. The lowest BCUT2D eigenvalue weighted by atomic mass is 10.0. The second-order valence-electron chi connectivity index (χ2n) is 22.7. The predicted octanol–water partition coefficient (Wildman–Crippen LogP) is 23.6. The number of hydrogen-bond donors (Lipinski definition) is 0. The van der Waals surface area contributed by atoms with Crippen molar-refractivity contribution < 1.29 is 28.6 Å². The van der Waals surface area contributed by atoms with E-state index in [1.165, 1.54) is 173 Å². The highest BCUT2D eigenvalue weighted by Crippen LogP contribution is 2.17. The van der Waals surface area contributed by atoms with Crippen molar-refractivity contribution in [2.24, 2.45) is 0 Å². The van der Waals surface area contributed by atoms with Crippen molar-refractivity contribution >= 4 is 17.9 Å². The van der Waals surface area contributed by atoms with Crippen LogP contribution in [-0.2, 0) is 28.6 Å². The molecule has 0 heterocycles. The van der Waals surface area contributed by atoms with Crippen molar-refractivity contribution in [3.63, 3.8) is 0 Å². The number of esters is 3. The molecule has 460 valence electrons. The van der Waals surface area contributed by atoms with Crippen LogP contribution in [0.1, 0.15) is 335 Å². The predicted molar refractivity (Wildman–Crippen MR) is 348 cm³/mol. The molecule has 0 bridgehead atoms. The summed E-state index contributed by atoms with van der Waals surface area (Å²) in [4.78, 5) is 38.3. The third-order valence-corrected chi connectivity index (χ3v) is 14.8. The maximum absolute atomic E-state index is 12.9. The molecular weight excluding hydrogens is 985 g/mol. The summed E-state index contributed by atoms with van der Waals surface area (Å²) in [5.74, 6) is -0.879. The van der Waals surface area contributed by atoms with Crippen LogP contribution >= 0.6 is 0 Å². The van der Waals surface area contributed by atoms with Gasteiger partial charge in [0.25, 0.3) is 0 Å². The highest BCUT2D eigenvalue weighted by atomic mass is 16.6. The van der Waals surface area contributed by atoms with Gasteiger partial charge in [0.15, 0.2) is 6.10 Å². The van der Waals surface area contributed by atoms with E-state index >= 15 is 0 Å². The maximum Gasteiger partial charge on any atom is 0.306 e. The summed E-state index contributed by atoms with van der Waals surface area (Å²) < 4.78 is 16.9. The zero-order valence-corrected chi connectivity index (χ0v) is 52.8. The minimum absolute atomic E-state index is 0.0786. The Labute approximate surface area is 496 Å². The summed E-state index contributed by atoms with van der Waals surface area (Å²) in [6.45, 7) is 6.42. The van der Waals surface area contributed by atoms with Gasteiger partial charge < -0.3 is 14.2 Å². The number of carbonyl (C=O) groups excluding carboxylic acids is 3. The molecule has 0 saturated carbocycles. The highest BCUT2D eigenvalue weighted by Gasteiger charge is 2.19. The number of hydrogen-bond acceptors (Lipinski definition) is 6. The minimum Gasteiger partial charge on any atom is -0.462 e. The second kappa shape index (κ2) is 67.8. The molecule has 0 N–H and O–H groups in total. The first-order chi connectivity index (χ1) is 39.5. The molecule has 0 aromatic heterocycles. The van der Waals surface area contributed by atoms with Gasteiger partial charge in [-0.3, -0.25) is 14.4 Å². The second-order valence-corrected chi connectivity index (χ2v) is 22.7. The summed E-state index contributed by atoms with van der Waals surface area (Å²) in [5.41, 5.74) is 0. The third kappa shape index (κ3) is 65.1. The largest absolute Gasteiger partial charge is 0.462 e. The van der Waals surface area contributed by atoms with Crippen molar-refractivity contribution in [3.8, 4) is 0 Å². The van der Waals surface area contributed by atoms with E-state index in [2.05, 4.69) is 118 Å². The molecule has 0 saturated heterocycles. The van der Waals surface area contributed by atoms with E-state index in [9.17, 15) is 14.4 Å². The van der Waals surface area contributed by atoms with E-state index in [-0.39, 0.29) is 31.1 Å². The van der Waals surface area contributed by atoms with Crippen molar-refractivity contribution in [3.05, 3.63) is 97.2 Å². The molecular formula is C74H128O6. The van der Waals surface area contributed by atoms with E-state index in [1.807, 2.05) is 0 Å². The summed E-state index contributed by atoms with van der Waals surface area (Å²) in [5, 5.41) is 0. The molecule has 0 aromatic carbocycles. The SMILES string of the molecule is CC/C=C\C/C=C\C/C=C\C/C=C\CCCCCCCCCCCCCCCCCCCCCCC(=O)OCC(COC(=O)CCCCCCCCCCCC)OC(=O)CCCCCCCC/C=C\C/C=C\C/C=C\C/C=C\CC. The number of allylic oxidation sites excluding steroid dienone is 16. The fourth-order valence-corrected chi connectivity index (χ4v) is 9.78. The summed E-state index contributed by atoms with van der Waals surface area (Å²) in [6, 6.07) is 0. The van der Waals surface area contributed by atoms with E-state index < -0.39 is 6.10 Å².